The Balaban J connectivity index is 1.52. The highest BCUT2D eigenvalue weighted by atomic mass is 16.5. The van der Waals surface area contributed by atoms with Gasteiger partial charge in [-0.05, 0) is 50.9 Å². The van der Waals surface area contributed by atoms with E-state index in [0.717, 1.165) is 36.4 Å². The van der Waals surface area contributed by atoms with E-state index in [9.17, 15) is 4.79 Å². The number of amides is 1. The van der Waals surface area contributed by atoms with Crippen LogP contribution in [0.1, 0.15) is 46.0 Å². The fourth-order valence-electron chi connectivity index (χ4n) is 5.31. The topological polar surface area (TPSA) is 60.0 Å². The van der Waals surface area contributed by atoms with Crippen molar-refractivity contribution in [2.24, 2.45) is 17.8 Å². The van der Waals surface area contributed by atoms with Crippen LogP contribution in [0.5, 0.6) is 11.5 Å². The molecule has 3 atom stereocenters. The lowest BCUT2D eigenvalue weighted by Gasteiger charge is -2.31. The van der Waals surface area contributed by atoms with Gasteiger partial charge in [-0.25, -0.2) is 0 Å². The van der Waals surface area contributed by atoms with Gasteiger partial charge in [0, 0.05) is 31.6 Å². The third kappa shape index (κ3) is 4.63. The molecule has 2 aliphatic carbocycles. The molecular weight excluding hydrogens is 368 g/mol. The molecule has 6 heteroatoms. The van der Waals surface area contributed by atoms with Crippen molar-refractivity contribution in [2.45, 2.75) is 46.0 Å². The molecular formula is C23H34N2O4. The van der Waals surface area contributed by atoms with E-state index in [0.29, 0.717) is 50.2 Å². The molecule has 1 aromatic rings. The van der Waals surface area contributed by atoms with Crippen molar-refractivity contribution in [1.29, 1.82) is 0 Å². The number of nitrogens with zero attached hydrogens (tertiary/aromatic N) is 1. The monoisotopic (exact) mass is 402 g/mol. The number of hydrogen-bond acceptors (Lipinski definition) is 5. The van der Waals surface area contributed by atoms with Crippen molar-refractivity contribution in [2.75, 3.05) is 49.7 Å². The van der Waals surface area contributed by atoms with Gasteiger partial charge in [-0.2, -0.15) is 0 Å². The molecule has 0 aromatic heterocycles. The lowest BCUT2D eigenvalue weighted by molar-refractivity contribution is -0.117. The molecule has 1 aliphatic heterocycles. The van der Waals surface area contributed by atoms with Gasteiger partial charge in [0.05, 0.1) is 37.8 Å². The van der Waals surface area contributed by atoms with E-state index in [1.165, 1.54) is 25.7 Å². The second-order valence-electron chi connectivity index (χ2n) is 8.47. The maximum atomic E-state index is 12.8. The number of carbonyl (C=O) groups is 1. The highest BCUT2D eigenvalue weighted by Gasteiger charge is 2.40. The van der Waals surface area contributed by atoms with Crippen molar-refractivity contribution in [1.82, 2.24) is 0 Å². The summed E-state index contributed by atoms with van der Waals surface area (Å²) in [6, 6.07) is 3.94. The van der Waals surface area contributed by atoms with Crippen LogP contribution in [0, 0.1) is 17.8 Å². The molecule has 1 heterocycles. The molecule has 3 fully saturated rings. The molecule has 1 N–H and O–H groups in total. The molecule has 3 aliphatic rings. The Morgan fingerprint density at radius 3 is 2.52 bits per heavy atom. The summed E-state index contributed by atoms with van der Waals surface area (Å²) in [5, 5.41) is 3.12. The first-order valence-corrected chi connectivity index (χ1v) is 11.2. The average molecular weight is 403 g/mol. The minimum atomic E-state index is 0.0880. The van der Waals surface area contributed by atoms with E-state index < -0.39 is 0 Å². The number of fused-ring (bicyclic) bond motifs is 2. The van der Waals surface area contributed by atoms with Crippen LogP contribution in [0.2, 0.25) is 0 Å². The van der Waals surface area contributed by atoms with Gasteiger partial charge in [0.25, 0.3) is 0 Å². The third-order valence-electron chi connectivity index (χ3n) is 6.62. The zero-order chi connectivity index (χ0) is 20.2. The largest absolute Gasteiger partial charge is 0.492 e. The van der Waals surface area contributed by atoms with E-state index in [4.69, 9.17) is 14.2 Å². The van der Waals surface area contributed by atoms with Crippen LogP contribution >= 0.6 is 0 Å². The lowest BCUT2D eigenvalue weighted by Crippen LogP contribution is -2.36. The van der Waals surface area contributed by atoms with Crippen LogP contribution in [-0.2, 0) is 9.53 Å². The normalized spacial score (nSPS) is 25.9. The van der Waals surface area contributed by atoms with Crippen molar-refractivity contribution in [3.63, 3.8) is 0 Å². The number of ether oxygens (including phenoxy) is 3. The van der Waals surface area contributed by atoms with Gasteiger partial charge in [0.2, 0.25) is 5.91 Å². The summed E-state index contributed by atoms with van der Waals surface area (Å²) in [7, 11) is 0. The highest BCUT2D eigenvalue weighted by molar-refractivity contribution is 5.93. The van der Waals surface area contributed by atoms with Gasteiger partial charge in [-0.3, -0.25) is 4.79 Å². The molecule has 0 spiro atoms. The summed E-state index contributed by atoms with van der Waals surface area (Å²) in [5.41, 5.74) is 1.71. The summed E-state index contributed by atoms with van der Waals surface area (Å²) in [6.45, 7) is 8.12. The zero-order valence-corrected chi connectivity index (χ0v) is 17.7. The Morgan fingerprint density at radius 2 is 1.86 bits per heavy atom. The van der Waals surface area contributed by atoms with Crippen molar-refractivity contribution < 1.29 is 19.0 Å². The summed E-state index contributed by atoms with van der Waals surface area (Å²) in [5.74, 6) is 3.73. The van der Waals surface area contributed by atoms with Crippen LogP contribution in [0.4, 0.5) is 11.4 Å². The third-order valence-corrected chi connectivity index (χ3v) is 6.62. The van der Waals surface area contributed by atoms with E-state index in [2.05, 4.69) is 10.2 Å². The molecule has 6 nitrogen and oxygen atoms in total. The second kappa shape index (κ2) is 9.24. The van der Waals surface area contributed by atoms with Gasteiger partial charge < -0.3 is 24.4 Å². The Kier molecular flexibility index (Phi) is 6.48. The van der Waals surface area contributed by atoms with Crippen LogP contribution in [0.3, 0.4) is 0 Å². The first-order chi connectivity index (χ1) is 14.2. The van der Waals surface area contributed by atoms with Gasteiger partial charge in [-0.1, -0.05) is 6.42 Å². The van der Waals surface area contributed by atoms with E-state index in [-0.39, 0.29) is 5.91 Å². The van der Waals surface area contributed by atoms with Gasteiger partial charge in [0.1, 0.15) is 11.5 Å². The van der Waals surface area contributed by atoms with E-state index >= 15 is 0 Å². The van der Waals surface area contributed by atoms with Gasteiger partial charge in [0.15, 0.2) is 0 Å². The number of benzene rings is 1. The number of carbonyl (C=O) groups excluding carboxylic acids is 1. The van der Waals surface area contributed by atoms with E-state index in [1.54, 1.807) is 0 Å². The molecule has 1 aromatic carbocycles. The summed E-state index contributed by atoms with van der Waals surface area (Å²) < 4.78 is 17.3. The predicted octanol–water partition coefficient (Wildman–Crippen LogP) is 4.09. The number of nitrogens with one attached hydrogen (secondary N) is 1. The maximum absolute atomic E-state index is 12.8. The molecule has 2 saturated carbocycles. The second-order valence-corrected chi connectivity index (χ2v) is 8.47. The van der Waals surface area contributed by atoms with Crippen molar-refractivity contribution >= 4 is 17.3 Å². The number of rotatable bonds is 8. The number of morpholine rings is 1. The Morgan fingerprint density at radius 1 is 1.10 bits per heavy atom. The highest BCUT2D eigenvalue weighted by Crippen LogP contribution is 2.49. The number of hydrogen-bond donors (Lipinski definition) is 1. The van der Waals surface area contributed by atoms with Crippen LogP contribution < -0.4 is 19.7 Å². The van der Waals surface area contributed by atoms with Crippen LogP contribution in [0.25, 0.3) is 0 Å². The van der Waals surface area contributed by atoms with E-state index in [1.807, 2.05) is 26.0 Å². The Labute approximate surface area is 173 Å². The standard InChI is InChI=1S/C23H34N2O4/c1-3-28-21-15-20(25-7-9-27-10-8-25)22(29-4-2)14-19(21)24-23(26)13-18-12-16-5-6-17(18)11-16/h14-18H,3-13H2,1-2H3,(H,24,26)/t16-,17-,18-/m1/s1. The quantitative estimate of drug-likeness (QED) is 0.710. The Bertz CT molecular complexity index is 717. The van der Waals surface area contributed by atoms with Crippen molar-refractivity contribution in [3.05, 3.63) is 12.1 Å². The van der Waals surface area contributed by atoms with Crippen molar-refractivity contribution in [3.8, 4) is 11.5 Å². The molecule has 2 bridgehead atoms. The lowest BCUT2D eigenvalue weighted by atomic mass is 9.86. The molecule has 0 radical (unpaired) electrons. The molecule has 0 unspecified atom stereocenters. The summed E-state index contributed by atoms with van der Waals surface area (Å²) in [4.78, 5) is 15.1. The molecule has 160 valence electrons. The fourth-order valence-corrected chi connectivity index (χ4v) is 5.31. The summed E-state index contributed by atoms with van der Waals surface area (Å²) in [6.07, 6.45) is 5.82. The SMILES string of the molecule is CCOc1cc(N2CCOCC2)c(OCC)cc1NC(=O)C[C@H]1C[C@@H]2CC[C@@H]1C2. The minimum Gasteiger partial charge on any atom is -0.492 e. The van der Waals surface area contributed by atoms with Gasteiger partial charge >= 0.3 is 0 Å². The molecule has 1 saturated heterocycles. The smallest absolute Gasteiger partial charge is 0.224 e. The average Bonchev–Trinajstić information content (AvgIpc) is 3.34. The molecule has 1 amide bonds. The number of anilines is 2. The molecule has 4 rings (SSSR count). The minimum absolute atomic E-state index is 0.0880. The Hall–Kier alpha value is -1.95. The predicted molar refractivity (Wildman–Crippen MR) is 114 cm³/mol. The maximum Gasteiger partial charge on any atom is 0.224 e. The fraction of sp³-hybridized carbons (Fsp3) is 0.696. The molecule has 29 heavy (non-hydrogen) atoms. The first kappa shape index (κ1) is 20.3. The van der Waals surface area contributed by atoms with Crippen LogP contribution in [-0.4, -0.2) is 45.4 Å². The summed E-state index contributed by atoms with van der Waals surface area (Å²) >= 11 is 0. The van der Waals surface area contributed by atoms with Crippen LogP contribution in [0.15, 0.2) is 12.1 Å². The van der Waals surface area contributed by atoms with Gasteiger partial charge in [-0.15, -0.1) is 0 Å². The zero-order valence-electron chi connectivity index (χ0n) is 17.7. The first-order valence-electron chi connectivity index (χ1n) is 11.2.